The number of hydrazone groups is 1. The van der Waals surface area contributed by atoms with Crippen LogP contribution in [0.1, 0.15) is 5.56 Å². The Kier molecular flexibility index (Phi) is 3.78. The van der Waals surface area contributed by atoms with Crippen molar-refractivity contribution < 1.29 is 0 Å². The van der Waals surface area contributed by atoms with Gasteiger partial charge in [0.1, 0.15) is 0 Å². The van der Waals surface area contributed by atoms with Crippen molar-refractivity contribution in [3.8, 4) is 0 Å². The molecule has 3 aromatic rings. The molecule has 1 N–H and O–H groups in total. The van der Waals surface area contributed by atoms with Crippen LogP contribution in [-0.2, 0) is 7.05 Å². The molecule has 2 aromatic carbocycles. The first-order valence-electron chi connectivity index (χ1n) is 7.13. The van der Waals surface area contributed by atoms with Gasteiger partial charge in [0.2, 0.25) is 5.95 Å². The summed E-state index contributed by atoms with van der Waals surface area (Å²) in [6.07, 6.45) is 1.79. The fourth-order valence-electron chi connectivity index (χ4n) is 2.27. The van der Waals surface area contributed by atoms with Crippen LogP contribution in [0.2, 0.25) is 0 Å². The molecular formula is C17H19N5. The molecule has 0 saturated carbocycles. The molecule has 0 aliphatic rings. The number of imidazole rings is 1. The van der Waals surface area contributed by atoms with Gasteiger partial charge in [-0.3, -0.25) is 0 Å². The molecule has 3 rings (SSSR count). The Hall–Kier alpha value is -2.82. The molecule has 1 heterocycles. The highest BCUT2D eigenvalue weighted by Crippen LogP contribution is 2.17. The number of rotatable bonds is 4. The Labute approximate surface area is 129 Å². The van der Waals surface area contributed by atoms with E-state index in [1.54, 1.807) is 6.21 Å². The van der Waals surface area contributed by atoms with Gasteiger partial charge in [-0.1, -0.05) is 24.3 Å². The third kappa shape index (κ3) is 2.79. The van der Waals surface area contributed by atoms with E-state index in [0.29, 0.717) is 0 Å². The van der Waals surface area contributed by atoms with Crippen molar-refractivity contribution in [1.29, 1.82) is 0 Å². The van der Waals surface area contributed by atoms with Crippen molar-refractivity contribution in [2.45, 2.75) is 0 Å². The molecule has 0 aliphatic carbocycles. The molecule has 0 spiro atoms. The average Bonchev–Trinajstić information content (AvgIpc) is 2.85. The third-order valence-electron chi connectivity index (χ3n) is 3.57. The fourth-order valence-corrected chi connectivity index (χ4v) is 2.27. The smallest absolute Gasteiger partial charge is 0.224 e. The Morgan fingerprint density at radius 1 is 1.09 bits per heavy atom. The maximum absolute atomic E-state index is 4.51. The van der Waals surface area contributed by atoms with Crippen LogP contribution < -0.4 is 10.3 Å². The van der Waals surface area contributed by atoms with Gasteiger partial charge in [-0.25, -0.2) is 10.4 Å². The summed E-state index contributed by atoms with van der Waals surface area (Å²) in [5, 5.41) is 4.27. The molecule has 22 heavy (non-hydrogen) atoms. The summed E-state index contributed by atoms with van der Waals surface area (Å²) in [5.74, 6) is 0.724. The molecule has 0 saturated heterocycles. The number of nitrogens with one attached hydrogen (secondary N) is 1. The van der Waals surface area contributed by atoms with E-state index in [0.717, 1.165) is 22.5 Å². The van der Waals surface area contributed by atoms with Crippen molar-refractivity contribution in [2.75, 3.05) is 24.4 Å². The second-order valence-electron chi connectivity index (χ2n) is 5.34. The molecule has 1 aromatic heterocycles. The second kappa shape index (κ2) is 5.89. The molecule has 0 radical (unpaired) electrons. The molecular weight excluding hydrogens is 274 g/mol. The predicted molar refractivity (Wildman–Crippen MR) is 92.7 cm³/mol. The summed E-state index contributed by atoms with van der Waals surface area (Å²) in [4.78, 5) is 6.58. The maximum atomic E-state index is 4.51. The van der Waals surface area contributed by atoms with Crippen LogP contribution >= 0.6 is 0 Å². The van der Waals surface area contributed by atoms with Gasteiger partial charge in [0.05, 0.1) is 17.2 Å². The second-order valence-corrected chi connectivity index (χ2v) is 5.34. The zero-order valence-electron chi connectivity index (χ0n) is 13.0. The van der Waals surface area contributed by atoms with Crippen molar-refractivity contribution in [3.63, 3.8) is 0 Å². The minimum absolute atomic E-state index is 0.724. The lowest BCUT2D eigenvalue weighted by Crippen LogP contribution is -2.08. The molecule has 5 heteroatoms. The van der Waals surface area contributed by atoms with Gasteiger partial charge in [0.15, 0.2) is 0 Å². The summed E-state index contributed by atoms with van der Waals surface area (Å²) in [6.45, 7) is 0. The largest absolute Gasteiger partial charge is 0.378 e. The number of aryl methyl sites for hydroxylation is 1. The fraction of sp³-hybridized carbons (Fsp3) is 0.176. The number of benzene rings is 2. The van der Waals surface area contributed by atoms with Crippen LogP contribution in [0.15, 0.2) is 53.6 Å². The van der Waals surface area contributed by atoms with Crippen LogP contribution in [0.3, 0.4) is 0 Å². The number of hydrogen-bond acceptors (Lipinski definition) is 4. The van der Waals surface area contributed by atoms with E-state index < -0.39 is 0 Å². The number of para-hydroxylation sites is 2. The Balaban J connectivity index is 1.74. The summed E-state index contributed by atoms with van der Waals surface area (Å²) >= 11 is 0. The van der Waals surface area contributed by atoms with Gasteiger partial charge in [-0.15, -0.1) is 0 Å². The number of fused-ring (bicyclic) bond motifs is 1. The predicted octanol–water partition coefficient (Wildman–Crippen LogP) is 3.09. The lowest BCUT2D eigenvalue weighted by molar-refractivity contribution is 0.943. The summed E-state index contributed by atoms with van der Waals surface area (Å²) in [5.41, 5.74) is 7.24. The van der Waals surface area contributed by atoms with E-state index in [2.05, 4.69) is 32.5 Å². The van der Waals surface area contributed by atoms with E-state index >= 15 is 0 Å². The number of aromatic nitrogens is 2. The SMILES string of the molecule is CN(C)c1ccc(/C=N/Nc2nc3ccccc3n2C)cc1. The molecule has 112 valence electrons. The van der Waals surface area contributed by atoms with Crippen LogP contribution in [0.25, 0.3) is 11.0 Å². The molecule has 0 unspecified atom stereocenters. The number of anilines is 2. The van der Waals surface area contributed by atoms with E-state index in [9.17, 15) is 0 Å². The highest BCUT2D eigenvalue weighted by atomic mass is 15.4. The van der Waals surface area contributed by atoms with Crippen molar-refractivity contribution in [3.05, 3.63) is 54.1 Å². The zero-order valence-corrected chi connectivity index (χ0v) is 13.0. The van der Waals surface area contributed by atoms with E-state index in [4.69, 9.17) is 0 Å². The van der Waals surface area contributed by atoms with Gasteiger partial charge in [-0.05, 0) is 29.8 Å². The Morgan fingerprint density at radius 3 is 2.50 bits per heavy atom. The quantitative estimate of drug-likeness (QED) is 0.594. The van der Waals surface area contributed by atoms with E-state index in [1.807, 2.05) is 62.1 Å². The first-order valence-corrected chi connectivity index (χ1v) is 7.13. The third-order valence-corrected chi connectivity index (χ3v) is 3.57. The van der Waals surface area contributed by atoms with E-state index in [-0.39, 0.29) is 0 Å². The minimum Gasteiger partial charge on any atom is -0.378 e. The Morgan fingerprint density at radius 2 is 1.82 bits per heavy atom. The van der Waals surface area contributed by atoms with Crippen LogP contribution in [0, 0.1) is 0 Å². The number of nitrogens with zero attached hydrogens (tertiary/aromatic N) is 4. The van der Waals surface area contributed by atoms with Gasteiger partial charge >= 0.3 is 0 Å². The lowest BCUT2D eigenvalue weighted by atomic mass is 10.2. The molecule has 0 amide bonds. The first-order chi connectivity index (χ1) is 10.6. The maximum Gasteiger partial charge on any atom is 0.224 e. The van der Waals surface area contributed by atoms with Crippen molar-refractivity contribution >= 4 is 28.9 Å². The first kappa shape index (κ1) is 14.1. The zero-order chi connectivity index (χ0) is 15.5. The lowest BCUT2D eigenvalue weighted by Gasteiger charge is -2.11. The average molecular weight is 293 g/mol. The Bertz CT molecular complexity index is 800. The molecule has 0 fully saturated rings. The summed E-state index contributed by atoms with van der Waals surface area (Å²) in [6, 6.07) is 16.2. The van der Waals surface area contributed by atoms with E-state index in [1.165, 1.54) is 5.69 Å². The standard InChI is InChI=1S/C17H19N5/c1-21(2)14-10-8-13(9-11-14)12-18-20-17-19-15-6-4-5-7-16(15)22(17)3/h4-12H,1-3H3,(H,19,20)/b18-12+. The van der Waals surface area contributed by atoms with Gasteiger partial charge < -0.3 is 9.47 Å². The summed E-state index contributed by atoms with van der Waals surface area (Å²) in [7, 11) is 6.02. The van der Waals surface area contributed by atoms with Gasteiger partial charge in [-0.2, -0.15) is 5.10 Å². The highest BCUT2D eigenvalue weighted by Gasteiger charge is 2.05. The van der Waals surface area contributed by atoms with Crippen LogP contribution in [0.5, 0.6) is 0 Å². The molecule has 0 bridgehead atoms. The van der Waals surface area contributed by atoms with Crippen molar-refractivity contribution in [2.24, 2.45) is 12.1 Å². The van der Waals surface area contributed by atoms with Crippen molar-refractivity contribution in [1.82, 2.24) is 9.55 Å². The molecule has 5 nitrogen and oxygen atoms in total. The monoisotopic (exact) mass is 293 g/mol. The summed E-state index contributed by atoms with van der Waals surface area (Å²) < 4.78 is 1.99. The highest BCUT2D eigenvalue weighted by molar-refractivity contribution is 5.82. The van der Waals surface area contributed by atoms with Crippen LogP contribution in [-0.4, -0.2) is 29.9 Å². The number of hydrogen-bond donors (Lipinski definition) is 1. The van der Waals surface area contributed by atoms with Gasteiger partial charge in [0, 0.05) is 26.8 Å². The normalized spacial score (nSPS) is 11.2. The molecule has 0 aliphatic heterocycles. The molecule has 0 atom stereocenters. The van der Waals surface area contributed by atoms with Gasteiger partial charge in [0.25, 0.3) is 0 Å². The topological polar surface area (TPSA) is 45.4 Å². The minimum atomic E-state index is 0.724. The van der Waals surface area contributed by atoms with Crippen LogP contribution in [0.4, 0.5) is 11.6 Å².